The van der Waals surface area contributed by atoms with Crippen molar-refractivity contribution in [1.82, 2.24) is 5.48 Å². The summed E-state index contributed by atoms with van der Waals surface area (Å²) in [5.74, 6) is 0.622. The molecule has 0 saturated heterocycles. The molecule has 0 aliphatic rings. The van der Waals surface area contributed by atoms with E-state index in [1.807, 2.05) is 24.3 Å². The summed E-state index contributed by atoms with van der Waals surface area (Å²) in [6.45, 7) is 0.443. The minimum Gasteiger partial charge on any atom is -0.496 e. The second kappa shape index (κ2) is 8.36. The molecule has 0 aromatic heterocycles. The summed E-state index contributed by atoms with van der Waals surface area (Å²) in [6, 6.07) is 13.2. The van der Waals surface area contributed by atoms with Crippen molar-refractivity contribution in [2.24, 2.45) is 0 Å². The fraction of sp³-hybridized carbons (Fsp3) is 0.118. The standard InChI is InChI=1S/C17H16BrNO4/c1-22-16-10-15(8-4-13(16)5-9-17(20)19-21)23-11-12-2-6-14(18)7-3-12/h2-10,21H,11H2,1H3,(H,19,20)/b9-5+. The predicted octanol–water partition coefficient (Wildman–Crippen LogP) is 3.56. The molecule has 0 heterocycles. The molecule has 23 heavy (non-hydrogen) atoms. The van der Waals surface area contributed by atoms with Gasteiger partial charge in [-0.15, -0.1) is 0 Å². The zero-order valence-corrected chi connectivity index (χ0v) is 14.0. The van der Waals surface area contributed by atoms with Crippen LogP contribution in [0.5, 0.6) is 11.5 Å². The molecule has 0 bridgehead atoms. The lowest BCUT2D eigenvalue weighted by Crippen LogP contribution is -2.14. The number of amides is 1. The Balaban J connectivity index is 2.07. The van der Waals surface area contributed by atoms with Gasteiger partial charge >= 0.3 is 0 Å². The van der Waals surface area contributed by atoms with Crippen molar-refractivity contribution in [3.05, 3.63) is 64.1 Å². The largest absolute Gasteiger partial charge is 0.496 e. The number of carbonyl (C=O) groups is 1. The first kappa shape index (κ1) is 17.1. The number of hydroxylamine groups is 1. The van der Waals surface area contributed by atoms with Gasteiger partial charge in [0.2, 0.25) is 0 Å². The van der Waals surface area contributed by atoms with E-state index < -0.39 is 5.91 Å². The molecule has 6 heteroatoms. The van der Waals surface area contributed by atoms with Crippen LogP contribution in [-0.2, 0) is 11.4 Å². The van der Waals surface area contributed by atoms with E-state index in [1.165, 1.54) is 18.7 Å². The van der Waals surface area contributed by atoms with Crippen LogP contribution in [0.25, 0.3) is 6.08 Å². The first-order valence-electron chi connectivity index (χ1n) is 6.80. The van der Waals surface area contributed by atoms with E-state index in [0.717, 1.165) is 10.0 Å². The van der Waals surface area contributed by atoms with Crippen LogP contribution < -0.4 is 15.0 Å². The zero-order chi connectivity index (χ0) is 16.7. The van der Waals surface area contributed by atoms with E-state index >= 15 is 0 Å². The first-order valence-corrected chi connectivity index (χ1v) is 7.59. The number of nitrogens with one attached hydrogen (secondary N) is 1. The molecular weight excluding hydrogens is 362 g/mol. The van der Waals surface area contributed by atoms with Gasteiger partial charge in [-0.2, -0.15) is 0 Å². The van der Waals surface area contributed by atoms with Crippen molar-refractivity contribution in [3.63, 3.8) is 0 Å². The SMILES string of the molecule is COc1cc(OCc2ccc(Br)cc2)ccc1/C=C/C(=O)NO. The first-order chi connectivity index (χ1) is 11.1. The summed E-state index contributed by atoms with van der Waals surface area (Å²) in [6.07, 6.45) is 2.75. The van der Waals surface area contributed by atoms with E-state index in [0.29, 0.717) is 23.7 Å². The molecule has 0 fully saturated rings. The van der Waals surface area contributed by atoms with Crippen LogP contribution in [0.4, 0.5) is 0 Å². The predicted molar refractivity (Wildman–Crippen MR) is 90.4 cm³/mol. The van der Waals surface area contributed by atoms with Crippen LogP contribution in [0, 0.1) is 0 Å². The summed E-state index contributed by atoms with van der Waals surface area (Å²) in [7, 11) is 1.54. The Morgan fingerprint density at radius 2 is 2.00 bits per heavy atom. The fourth-order valence-corrected chi connectivity index (χ4v) is 2.13. The van der Waals surface area contributed by atoms with E-state index in [9.17, 15) is 4.79 Å². The fourth-order valence-electron chi connectivity index (χ4n) is 1.87. The number of carbonyl (C=O) groups excluding carboxylic acids is 1. The average Bonchev–Trinajstić information content (AvgIpc) is 2.59. The Kier molecular flexibility index (Phi) is 6.19. The zero-order valence-electron chi connectivity index (χ0n) is 12.5. The molecule has 2 N–H and O–H groups in total. The third-order valence-corrected chi connectivity index (χ3v) is 3.58. The van der Waals surface area contributed by atoms with Gasteiger partial charge in [0.1, 0.15) is 18.1 Å². The van der Waals surface area contributed by atoms with Crippen LogP contribution in [-0.4, -0.2) is 18.2 Å². The summed E-state index contributed by atoms with van der Waals surface area (Å²) in [4.78, 5) is 11.0. The normalized spacial score (nSPS) is 10.6. The van der Waals surface area contributed by atoms with Crippen LogP contribution >= 0.6 is 15.9 Å². The van der Waals surface area contributed by atoms with E-state index in [1.54, 1.807) is 24.3 Å². The highest BCUT2D eigenvalue weighted by Crippen LogP contribution is 2.26. The Morgan fingerprint density at radius 1 is 1.26 bits per heavy atom. The number of hydrogen-bond donors (Lipinski definition) is 2. The van der Waals surface area contributed by atoms with Gasteiger partial charge in [-0.25, -0.2) is 5.48 Å². The van der Waals surface area contributed by atoms with E-state index in [2.05, 4.69) is 15.9 Å². The van der Waals surface area contributed by atoms with Crippen LogP contribution in [0.1, 0.15) is 11.1 Å². The van der Waals surface area contributed by atoms with Crippen LogP contribution in [0.2, 0.25) is 0 Å². The van der Waals surface area contributed by atoms with Gasteiger partial charge in [0, 0.05) is 22.2 Å². The van der Waals surface area contributed by atoms with Crippen molar-refractivity contribution < 1.29 is 19.5 Å². The molecule has 0 spiro atoms. The Labute approximate surface area is 142 Å². The van der Waals surface area contributed by atoms with E-state index in [-0.39, 0.29) is 0 Å². The maximum atomic E-state index is 11.0. The van der Waals surface area contributed by atoms with Gasteiger partial charge in [-0.1, -0.05) is 28.1 Å². The summed E-state index contributed by atoms with van der Waals surface area (Å²) in [5, 5.41) is 8.47. The quantitative estimate of drug-likeness (QED) is 0.458. The third-order valence-electron chi connectivity index (χ3n) is 3.05. The lowest BCUT2D eigenvalue weighted by Gasteiger charge is -2.10. The van der Waals surface area contributed by atoms with Crippen LogP contribution in [0.3, 0.4) is 0 Å². The van der Waals surface area contributed by atoms with Crippen molar-refractivity contribution in [3.8, 4) is 11.5 Å². The van der Waals surface area contributed by atoms with Crippen molar-refractivity contribution in [2.45, 2.75) is 6.61 Å². The molecule has 0 radical (unpaired) electrons. The maximum absolute atomic E-state index is 11.0. The van der Waals surface area contributed by atoms with Crippen LogP contribution in [0.15, 0.2) is 53.0 Å². The second-order valence-electron chi connectivity index (χ2n) is 4.63. The molecule has 2 rings (SSSR count). The molecule has 0 aliphatic carbocycles. The van der Waals surface area contributed by atoms with E-state index in [4.69, 9.17) is 14.7 Å². The van der Waals surface area contributed by atoms with Crippen molar-refractivity contribution in [1.29, 1.82) is 0 Å². The summed E-state index contributed by atoms with van der Waals surface area (Å²) in [5.41, 5.74) is 3.28. The number of rotatable bonds is 6. The number of ether oxygens (including phenoxy) is 2. The average molecular weight is 378 g/mol. The Bertz CT molecular complexity index is 698. The molecule has 120 valence electrons. The molecular formula is C17H16BrNO4. The van der Waals surface area contributed by atoms with Gasteiger partial charge < -0.3 is 9.47 Å². The molecule has 1 amide bonds. The minimum atomic E-state index is -0.609. The van der Waals surface area contributed by atoms with Crippen molar-refractivity contribution in [2.75, 3.05) is 7.11 Å². The molecule has 2 aromatic carbocycles. The van der Waals surface area contributed by atoms with Gasteiger partial charge in [0.25, 0.3) is 5.91 Å². The highest BCUT2D eigenvalue weighted by atomic mass is 79.9. The maximum Gasteiger partial charge on any atom is 0.267 e. The van der Waals surface area contributed by atoms with Crippen molar-refractivity contribution >= 4 is 27.9 Å². The molecule has 5 nitrogen and oxygen atoms in total. The highest BCUT2D eigenvalue weighted by molar-refractivity contribution is 9.10. The lowest BCUT2D eigenvalue weighted by atomic mass is 10.1. The summed E-state index contributed by atoms with van der Waals surface area (Å²) < 4.78 is 12.0. The smallest absolute Gasteiger partial charge is 0.267 e. The second-order valence-corrected chi connectivity index (χ2v) is 5.54. The monoisotopic (exact) mass is 377 g/mol. The number of hydrogen-bond acceptors (Lipinski definition) is 4. The highest BCUT2D eigenvalue weighted by Gasteiger charge is 2.04. The Hall–Kier alpha value is -2.31. The summed E-state index contributed by atoms with van der Waals surface area (Å²) >= 11 is 3.39. The topological polar surface area (TPSA) is 67.8 Å². The Morgan fingerprint density at radius 3 is 2.65 bits per heavy atom. The number of benzene rings is 2. The minimum absolute atomic E-state index is 0.443. The van der Waals surface area contributed by atoms with Gasteiger partial charge in [0.15, 0.2) is 0 Å². The van der Waals surface area contributed by atoms with Gasteiger partial charge in [0.05, 0.1) is 7.11 Å². The van der Waals surface area contributed by atoms with Gasteiger partial charge in [-0.05, 0) is 35.9 Å². The molecule has 0 aliphatic heterocycles. The molecule has 0 atom stereocenters. The number of halogens is 1. The molecule has 2 aromatic rings. The third kappa shape index (κ3) is 5.12. The molecule has 0 saturated carbocycles. The lowest BCUT2D eigenvalue weighted by molar-refractivity contribution is -0.124. The molecule has 0 unspecified atom stereocenters. The van der Waals surface area contributed by atoms with Gasteiger partial charge in [-0.3, -0.25) is 10.0 Å². The number of methoxy groups -OCH3 is 1.